The summed E-state index contributed by atoms with van der Waals surface area (Å²) in [5.74, 6) is -0.0187. The van der Waals surface area contributed by atoms with Crippen LogP contribution in [-0.4, -0.2) is 43.0 Å². The first-order valence-electron chi connectivity index (χ1n) is 7.88. The molecular formula is C17H27N3O. The second-order valence-electron chi connectivity index (χ2n) is 6.18. The summed E-state index contributed by atoms with van der Waals surface area (Å²) in [5.41, 5.74) is 1.95. The van der Waals surface area contributed by atoms with Gasteiger partial charge in [0.1, 0.15) is 0 Å². The van der Waals surface area contributed by atoms with Gasteiger partial charge in [0.2, 0.25) is 0 Å². The molecule has 0 aromatic heterocycles. The van der Waals surface area contributed by atoms with Gasteiger partial charge >= 0.3 is 0 Å². The van der Waals surface area contributed by atoms with Gasteiger partial charge in [0.05, 0.1) is 0 Å². The topological polar surface area (TPSA) is 44.4 Å². The molecule has 1 aliphatic rings. The molecule has 21 heavy (non-hydrogen) atoms. The van der Waals surface area contributed by atoms with Crippen molar-refractivity contribution in [1.29, 1.82) is 0 Å². The van der Waals surface area contributed by atoms with Crippen molar-refractivity contribution < 1.29 is 4.79 Å². The zero-order valence-corrected chi connectivity index (χ0v) is 13.4. The lowest BCUT2D eigenvalue weighted by atomic mass is 10.0. The Bertz CT molecular complexity index is 473. The molecule has 1 atom stereocenters. The van der Waals surface area contributed by atoms with Crippen LogP contribution in [0.1, 0.15) is 42.6 Å². The molecule has 0 aliphatic carbocycles. The summed E-state index contributed by atoms with van der Waals surface area (Å²) < 4.78 is 0. The number of carbonyl (C=O) groups is 1. The second-order valence-corrected chi connectivity index (χ2v) is 6.18. The molecule has 1 unspecified atom stereocenters. The van der Waals surface area contributed by atoms with E-state index in [0.29, 0.717) is 12.1 Å². The van der Waals surface area contributed by atoms with Crippen LogP contribution in [0.25, 0.3) is 0 Å². The zero-order chi connectivity index (χ0) is 15.2. The molecule has 1 aromatic carbocycles. The van der Waals surface area contributed by atoms with Crippen molar-refractivity contribution in [2.45, 2.75) is 45.3 Å². The van der Waals surface area contributed by atoms with E-state index < -0.39 is 0 Å². The smallest absolute Gasteiger partial charge is 0.251 e. The van der Waals surface area contributed by atoms with Gasteiger partial charge in [0, 0.05) is 37.8 Å². The van der Waals surface area contributed by atoms with Crippen molar-refractivity contribution in [2.75, 3.05) is 20.1 Å². The van der Waals surface area contributed by atoms with E-state index in [2.05, 4.69) is 35.4 Å². The predicted molar refractivity (Wildman–Crippen MR) is 86.4 cm³/mol. The number of hydrogen-bond acceptors (Lipinski definition) is 3. The number of benzene rings is 1. The molecule has 4 nitrogen and oxygen atoms in total. The van der Waals surface area contributed by atoms with Gasteiger partial charge in [0.15, 0.2) is 0 Å². The second kappa shape index (κ2) is 7.57. The summed E-state index contributed by atoms with van der Waals surface area (Å²) in [6, 6.07) is 9.05. The fourth-order valence-corrected chi connectivity index (χ4v) is 3.02. The van der Waals surface area contributed by atoms with Crippen LogP contribution in [0.5, 0.6) is 0 Å². The normalized spacial score (nSPS) is 19.7. The number of amides is 1. The molecule has 116 valence electrons. The molecule has 2 rings (SSSR count). The summed E-state index contributed by atoms with van der Waals surface area (Å²) in [6.07, 6.45) is 2.49. The number of piperidine rings is 1. The number of carbonyl (C=O) groups excluding carboxylic acids is 1. The zero-order valence-electron chi connectivity index (χ0n) is 13.4. The van der Waals surface area contributed by atoms with E-state index in [-0.39, 0.29) is 5.91 Å². The molecule has 1 fully saturated rings. The van der Waals surface area contributed by atoms with Crippen LogP contribution in [-0.2, 0) is 6.54 Å². The Hall–Kier alpha value is -1.39. The van der Waals surface area contributed by atoms with E-state index in [1.54, 1.807) is 7.05 Å². The minimum Gasteiger partial charge on any atom is -0.355 e. The highest BCUT2D eigenvalue weighted by Crippen LogP contribution is 2.15. The van der Waals surface area contributed by atoms with Crippen LogP contribution in [0, 0.1) is 0 Å². The largest absolute Gasteiger partial charge is 0.355 e. The number of hydrogen-bond donors (Lipinski definition) is 2. The van der Waals surface area contributed by atoms with Crippen molar-refractivity contribution in [2.24, 2.45) is 0 Å². The Morgan fingerprint density at radius 2 is 2.24 bits per heavy atom. The van der Waals surface area contributed by atoms with Crippen molar-refractivity contribution >= 4 is 5.91 Å². The summed E-state index contributed by atoms with van der Waals surface area (Å²) in [6.45, 7) is 7.54. The highest BCUT2D eigenvalue weighted by Gasteiger charge is 2.20. The van der Waals surface area contributed by atoms with Crippen LogP contribution in [0.3, 0.4) is 0 Å². The Labute approximate surface area is 127 Å². The highest BCUT2D eigenvalue weighted by molar-refractivity contribution is 5.94. The van der Waals surface area contributed by atoms with Crippen molar-refractivity contribution in [3.05, 3.63) is 35.4 Å². The number of nitrogens with one attached hydrogen (secondary N) is 2. The number of rotatable bonds is 5. The summed E-state index contributed by atoms with van der Waals surface area (Å²) in [7, 11) is 1.67. The first-order chi connectivity index (χ1) is 10.1. The van der Waals surface area contributed by atoms with E-state index in [9.17, 15) is 4.79 Å². The first-order valence-corrected chi connectivity index (χ1v) is 7.88. The van der Waals surface area contributed by atoms with Crippen LogP contribution < -0.4 is 10.6 Å². The molecule has 2 N–H and O–H groups in total. The predicted octanol–water partition coefficient (Wildman–Crippen LogP) is 2.01. The lowest BCUT2D eigenvalue weighted by molar-refractivity contribution is 0.0963. The van der Waals surface area contributed by atoms with Gasteiger partial charge < -0.3 is 10.6 Å². The third-order valence-corrected chi connectivity index (χ3v) is 3.90. The monoisotopic (exact) mass is 289 g/mol. The SMILES string of the molecule is CNC(=O)c1cccc(CN2CCCC(NC(C)C)C2)c1. The Balaban J connectivity index is 1.96. The highest BCUT2D eigenvalue weighted by atomic mass is 16.1. The quantitative estimate of drug-likeness (QED) is 0.871. The fraction of sp³-hybridized carbons (Fsp3) is 0.588. The molecule has 1 amide bonds. The third-order valence-electron chi connectivity index (χ3n) is 3.90. The van der Waals surface area contributed by atoms with E-state index in [4.69, 9.17) is 0 Å². The minimum atomic E-state index is -0.0187. The maximum absolute atomic E-state index is 11.7. The fourth-order valence-electron chi connectivity index (χ4n) is 3.02. The Kier molecular flexibility index (Phi) is 5.76. The lowest BCUT2D eigenvalue weighted by Gasteiger charge is -2.34. The molecule has 0 radical (unpaired) electrons. The van der Waals surface area contributed by atoms with Crippen LogP contribution in [0.2, 0.25) is 0 Å². The average Bonchev–Trinajstić information content (AvgIpc) is 2.46. The van der Waals surface area contributed by atoms with Crippen LogP contribution in [0.4, 0.5) is 0 Å². The third kappa shape index (κ3) is 4.83. The molecule has 0 spiro atoms. The van der Waals surface area contributed by atoms with Gasteiger partial charge in [-0.05, 0) is 37.1 Å². The molecule has 4 heteroatoms. The van der Waals surface area contributed by atoms with E-state index in [1.165, 1.54) is 18.4 Å². The maximum Gasteiger partial charge on any atom is 0.251 e. The van der Waals surface area contributed by atoms with Gasteiger partial charge in [-0.25, -0.2) is 0 Å². The molecule has 0 saturated carbocycles. The van der Waals surface area contributed by atoms with Crippen LogP contribution in [0.15, 0.2) is 24.3 Å². The molecule has 1 aromatic rings. The van der Waals surface area contributed by atoms with Gasteiger partial charge in [-0.2, -0.15) is 0 Å². The average molecular weight is 289 g/mol. The lowest BCUT2D eigenvalue weighted by Crippen LogP contribution is -2.47. The van der Waals surface area contributed by atoms with E-state index in [0.717, 1.165) is 25.2 Å². The van der Waals surface area contributed by atoms with Crippen molar-refractivity contribution in [1.82, 2.24) is 15.5 Å². The van der Waals surface area contributed by atoms with E-state index in [1.807, 2.05) is 18.2 Å². The van der Waals surface area contributed by atoms with Crippen molar-refractivity contribution in [3.63, 3.8) is 0 Å². The Morgan fingerprint density at radius 1 is 1.43 bits per heavy atom. The maximum atomic E-state index is 11.7. The standard InChI is InChI=1S/C17H27N3O/c1-13(2)19-16-8-5-9-20(12-16)11-14-6-4-7-15(10-14)17(21)18-3/h4,6-7,10,13,16,19H,5,8-9,11-12H2,1-3H3,(H,18,21). The summed E-state index contributed by atoms with van der Waals surface area (Å²) in [5, 5.41) is 6.31. The van der Waals surface area contributed by atoms with Gasteiger partial charge in [-0.1, -0.05) is 26.0 Å². The van der Waals surface area contributed by atoms with E-state index >= 15 is 0 Å². The number of likely N-dealkylation sites (tertiary alicyclic amines) is 1. The number of nitrogens with zero attached hydrogens (tertiary/aromatic N) is 1. The first kappa shape index (κ1) is 16.0. The van der Waals surface area contributed by atoms with Gasteiger partial charge in [-0.15, -0.1) is 0 Å². The molecule has 1 heterocycles. The summed E-state index contributed by atoms with van der Waals surface area (Å²) in [4.78, 5) is 14.2. The molecule has 0 bridgehead atoms. The van der Waals surface area contributed by atoms with Crippen LogP contribution >= 0.6 is 0 Å². The minimum absolute atomic E-state index is 0.0187. The molecule has 1 saturated heterocycles. The Morgan fingerprint density at radius 3 is 2.95 bits per heavy atom. The molecular weight excluding hydrogens is 262 g/mol. The van der Waals surface area contributed by atoms with Gasteiger partial charge in [-0.3, -0.25) is 9.69 Å². The van der Waals surface area contributed by atoms with Crippen molar-refractivity contribution in [3.8, 4) is 0 Å². The summed E-state index contributed by atoms with van der Waals surface area (Å²) >= 11 is 0. The van der Waals surface area contributed by atoms with Gasteiger partial charge in [0.25, 0.3) is 5.91 Å². The molecule has 1 aliphatic heterocycles.